The van der Waals surface area contributed by atoms with Crippen molar-refractivity contribution in [3.05, 3.63) is 52.4 Å². The number of hydrogen-bond acceptors (Lipinski definition) is 4. The molecular formula is C18H17NO5. The van der Waals surface area contributed by atoms with Gasteiger partial charge in [-0.3, -0.25) is 9.59 Å². The summed E-state index contributed by atoms with van der Waals surface area (Å²) in [6.07, 6.45) is 4.35. The number of fused-ring (bicyclic) bond motifs is 1. The van der Waals surface area contributed by atoms with Crippen molar-refractivity contribution in [3.8, 4) is 0 Å². The molecule has 6 nitrogen and oxygen atoms in total. The van der Waals surface area contributed by atoms with Gasteiger partial charge in [0.1, 0.15) is 5.58 Å². The Balaban J connectivity index is 1.86. The molecular weight excluding hydrogens is 310 g/mol. The number of amides is 1. The van der Waals surface area contributed by atoms with E-state index in [1.165, 1.54) is 6.07 Å². The number of hydrogen-bond donors (Lipinski definition) is 2. The molecule has 0 fully saturated rings. The third kappa shape index (κ3) is 3.08. The second-order valence-electron chi connectivity index (χ2n) is 5.94. The van der Waals surface area contributed by atoms with Crippen LogP contribution in [0.2, 0.25) is 0 Å². The van der Waals surface area contributed by atoms with E-state index >= 15 is 0 Å². The molecule has 0 spiro atoms. The largest absolute Gasteiger partial charge is 0.481 e. The molecule has 6 heteroatoms. The molecule has 1 aromatic carbocycles. The minimum absolute atomic E-state index is 0.346. The summed E-state index contributed by atoms with van der Waals surface area (Å²) in [5.41, 5.74) is 1.20. The van der Waals surface area contributed by atoms with Crippen LogP contribution in [-0.4, -0.2) is 17.0 Å². The van der Waals surface area contributed by atoms with E-state index in [1.807, 2.05) is 13.0 Å². The number of nitrogens with one attached hydrogen (secondary N) is 1. The second-order valence-corrected chi connectivity index (χ2v) is 5.94. The summed E-state index contributed by atoms with van der Waals surface area (Å²) >= 11 is 0. The molecule has 2 aromatic rings. The fourth-order valence-corrected chi connectivity index (χ4v) is 3.01. The lowest BCUT2D eigenvalue weighted by atomic mass is 9.82. The Bertz CT molecular complexity index is 896. The van der Waals surface area contributed by atoms with Crippen molar-refractivity contribution >= 4 is 28.5 Å². The third-order valence-corrected chi connectivity index (χ3v) is 4.31. The van der Waals surface area contributed by atoms with E-state index in [9.17, 15) is 19.5 Å². The summed E-state index contributed by atoms with van der Waals surface area (Å²) in [5.74, 6) is -2.66. The normalized spacial score (nSPS) is 20.0. The van der Waals surface area contributed by atoms with Gasteiger partial charge >= 0.3 is 11.6 Å². The Morgan fingerprint density at radius 2 is 1.88 bits per heavy atom. The maximum atomic E-state index is 12.5. The zero-order chi connectivity index (χ0) is 17.3. The summed E-state index contributed by atoms with van der Waals surface area (Å²) < 4.78 is 5.16. The van der Waals surface area contributed by atoms with Crippen molar-refractivity contribution in [3.63, 3.8) is 0 Å². The number of carbonyl (C=O) groups excluding carboxylic acids is 1. The first-order valence-corrected chi connectivity index (χ1v) is 7.69. The molecule has 0 saturated heterocycles. The Labute approximate surface area is 137 Å². The van der Waals surface area contributed by atoms with Gasteiger partial charge in [0.25, 0.3) is 0 Å². The van der Waals surface area contributed by atoms with Gasteiger partial charge in [0.15, 0.2) is 0 Å². The number of anilines is 1. The molecule has 1 aromatic heterocycles. The van der Waals surface area contributed by atoms with Gasteiger partial charge in [0, 0.05) is 23.2 Å². The van der Waals surface area contributed by atoms with Crippen molar-refractivity contribution in [2.45, 2.75) is 19.8 Å². The van der Waals surface area contributed by atoms with Crippen LogP contribution in [0, 0.1) is 18.8 Å². The molecule has 3 rings (SSSR count). The van der Waals surface area contributed by atoms with Crippen molar-refractivity contribution in [1.29, 1.82) is 0 Å². The minimum Gasteiger partial charge on any atom is -0.481 e. The van der Waals surface area contributed by atoms with Gasteiger partial charge in [-0.1, -0.05) is 12.2 Å². The van der Waals surface area contributed by atoms with Crippen molar-refractivity contribution in [2.24, 2.45) is 11.8 Å². The van der Waals surface area contributed by atoms with Crippen LogP contribution in [-0.2, 0) is 9.59 Å². The fraction of sp³-hybridized carbons (Fsp3) is 0.278. The third-order valence-electron chi connectivity index (χ3n) is 4.31. The van der Waals surface area contributed by atoms with E-state index in [1.54, 1.807) is 24.3 Å². The Morgan fingerprint density at radius 1 is 1.17 bits per heavy atom. The summed E-state index contributed by atoms with van der Waals surface area (Å²) in [4.78, 5) is 35.2. The number of allylic oxidation sites excluding steroid dienone is 2. The molecule has 24 heavy (non-hydrogen) atoms. The Kier molecular flexibility index (Phi) is 4.20. The molecule has 0 bridgehead atoms. The van der Waals surface area contributed by atoms with Crippen LogP contribution in [0.15, 0.2) is 45.6 Å². The molecule has 1 amide bonds. The van der Waals surface area contributed by atoms with Crippen LogP contribution >= 0.6 is 0 Å². The van der Waals surface area contributed by atoms with Crippen LogP contribution in [0.5, 0.6) is 0 Å². The molecule has 0 radical (unpaired) electrons. The first kappa shape index (κ1) is 16.0. The van der Waals surface area contributed by atoms with E-state index in [4.69, 9.17) is 4.42 Å². The highest BCUT2D eigenvalue weighted by molar-refractivity contribution is 5.97. The average molecular weight is 327 g/mol. The smallest absolute Gasteiger partial charge is 0.336 e. The lowest BCUT2D eigenvalue weighted by Crippen LogP contribution is -2.34. The van der Waals surface area contributed by atoms with Crippen LogP contribution in [0.3, 0.4) is 0 Å². The van der Waals surface area contributed by atoms with E-state index in [-0.39, 0.29) is 5.91 Å². The van der Waals surface area contributed by atoms with Gasteiger partial charge in [-0.05, 0) is 37.5 Å². The number of carboxylic acid groups (broad SMARTS) is 1. The first-order chi connectivity index (χ1) is 11.5. The molecule has 1 aliphatic rings. The maximum Gasteiger partial charge on any atom is 0.336 e. The second kappa shape index (κ2) is 6.31. The van der Waals surface area contributed by atoms with E-state index in [0.717, 1.165) is 10.9 Å². The SMILES string of the molecule is Cc1cc(=O)oc2cc(NC(=O)C3CC=CCC3C(=O)O)ccc12. The number of benzene rings is 1. The number of carboxylic acids is 1. The lowest BCUT2D eigenvalue weighted by Gasteiger charge is -2.24. The fourth-order valence-electron chi connectivity index (χ4n) is 3.01. The van der Waals surface area contributed by atoms with E-state index < -0.39 is 23.4 Å². The summed E-state index contributed by atoms with van der Waals surface area (Å²) in [5, 5.41) is 12.8. The average Bonchev–Trinajstić information content (AvgIpc) is 2.54. The van der Waals surface area contributed by atoms with Gasteiger partial charge in [0.2, 0.25) is 5.91 Å². The molecule has 1 aliphatic carbocycles. The van der Waals surface area contributed by atoms with Crippen molar-refractivity contribution in [1.82, 2.24) is 0 Å². The van der Waals surface area contributed by atoms with Crippen LogP contribution < -0.4 is 10.9 Å². The first-order valence-electron chi connectivity index (χ1n) is 7.69. The highest BCUT2D eigenvalue weighted by Crippen LogP contribution is 2.28. The zero-order valence-electron chi connectivity index (χ0n) is 13.1. The summed E-state index contributed by atoms with van der Waals surface area (Å²) in [6, 6.07) is 6.46. The van der Waals surface area contributed by atoms with Gasteiger partial charge in [-0.15, -0.1) is 0 Å². The number of aliphatic carboxylic acids is 1. The number of carbonyl (C=O) groups is 2. The van der Waals surface area contributed by atoms with Crippen molar-refractivity contribution in [2.75, 3.05) is 5.32 Å². The molecule has 0 saturated carbocycles. The predicted molar refractivity (Wildman–Crippen MR) is 88.8 cm³/mol. The number of rotatable bonds is 3. The van der Waals surface area contributed by atoms with Gasteiger partial charge in [-0.2, -0.15) is 0 Å². The van der Waals surface area contributed by atoms with E-state index in [0.29, 0.717) is 24.1 Å². The molecule has 0 aliphatic heterocycles. The molecule has 1 heterocycles. The number of aryl methyl sites for hydroxylation is 1. The zero-order valence-corrected chi connectivity index (χ0v) is 13.1. The monoisotopic (exact) mass is 327 g/mol. The highest BCUT2D eigenvalue weighted by Gasteiger charge is 2.33. The highest BCUT2D eigenvalue weighted by atomic mass is 16.4. The quantitative estimate of drug-likeness (QED) is 0.667. The molecule has 2 unspecified atom stereocenters. The molecule has 2 N–H and O–H groups in total. The topological polar surface area (TPSA) is 96.6 Å². The van der Waals surface area contributed by atoms with Crippen LogP contribution in [0.25, 0.3) is 11.0 Å². The predicted octanol–water partition coefficient (Wildman–Crippen LogP) is 2.71. The van der Waals surface area contributed by atoms with Crippen LogP contribution in [0.1, 0.15) is 18.4 Å². The lowest BCUT2D eigenvalue weighted by molar-refractivity contribution is -0.146. The molecule has 124 valence electrons. The summed E-state index contributed by atoms with van der Waals surface area (Å²) in [6.45, 7) is 1.81. The molecule has 2 atom stereocenters. The van der Waals surface area contributed by atoms with E-state index in [2.05, 4.69) is 5.32 Å². The van der Waals surface area contributed by atoms with Crippen LogP contribution in [0.4, 0.5) is 5.69 Å². The van der Waals surface area contributed by atoms with Gasteiger partial charge in [0.05, 0.1) is 11.8 Å². The Morgan fingerprint density at radius 3 is 2.58 bits per heavy atom. The maximum absolute atomic E-state index is 12.5. The minimum atomic E-state index is -0.973. The Hall–Kier alpha value is -2.89. The van der Waals surface area contributed by atoms with Gasteiger partial charge < -0.3 is 14.8 Å². The summed E-state index contributed by atoms with van der Waals surface area (Å²) in [7, 11) is 0. The van der Waals surface area contributed by atoms with Gasteiger partial charge in [-0.25, -0.2) is 4.79 Å². The standard InChI is InChI=1S/C18H17NO5/c1-10-8-16(20)24-15-9-11(6-7-12(10)15)19-17(21)13-4-2-3-5-14(13)18(22)23/h2-3,6-9,13-14H,4-5H2,1H3,(H,19,21)(H,22,23). The van der Waals surface area contributed by atoms with Crippen molar-refractivity contribution < 1.29 is 19.1 Å².